The van der Waals surface area contributed by atoms with Crippen molar-refractivity contribution in [1.82, 2.24) is 39.3 Å². The van der Waals surface area contributed by atoms with Gasteiger partial charge in [-0.05, 0) is 31.9 Å². The molecule has 2 amide bonds. The van der Waals surface area contributed by atoms with E-state index in [-0.39, 0.29) is 22.1 Å². The summed E-state index contributed by atoms with van der Waals surface area (Å²) in [5.74, 6) is 0.557. The molecule has 1 saturated carbocycles. The van der Waals surface area contributed by atoms with Gasteiger partial charge in [0.15, 0.2) is 10.7 Å². The van der Waals surface area contributed by atoms with Crippen LogP contribution in [-0.4, -0.2) is 94.3 Å². The van der Waals surface area contributed by atoms with Gasteiger partial charge in [-0.25, -0.2) is 32.0 Å². The van der Waals surface area contributed by atoms with E-state index in [9.17, 15) is 27.3 Å². The van der Waals surface area contributed by atoms with Gasteiger partial charge in [0.25, 0.3) is 6.43 Å². The number of anilines is 1. The number of alkyl halides is 2. The van der Waals surface area contributed by atoms with Gasteiger partial charge >= 0.3 is 6.03 Å². The third-order valence-electron chi connectivity index (χ3n) is 7.46. The minimum Gasteiger partial charge on any atom is -0.350 e. The van der Waals surface area contributed by atoms with Crippen molar-refractivity contribution in [2.45, 2.75) is 42.7 Å². The maximum absolute atomic E-state index is 13.5. The lowest BCUT2D eigenvalue weighted by atomic mass is 10.1. The first-order valence-corrected chi connectivity index (χ1v) is 15.3. The molecule has 17 heteroatoms. The molecule has 1 aliphatic carbocycles. The summed E-state index contributed by atoms with van der Waals surface area (Å²) in [6.07, 6.45) is -0.652. The number of piperazine rings is 1. The molecule has 42 heavy (non-hydrogen) atoms. The number of sulfonamides is 1. The average Bonchev–Trinajstić information content (AvgIpc) is 3.39. The van der Waals surface area contributed by atoms with Gasteiger partial charge in [-0.15, -0.1) is 10.2 Å². The first-order valence-electron chi connectivity index (χ1n) is 13.0. The van der Waals surface area contributed by atoms with Crippen LogP contribution in [0.4, 0.5) is 19.4 Å². The number of aromatic nitrogens is 5. The van der Waals surface area contributed by atoms with E-state index in [0.29, 0.717) is 71.6 Å². The SMILES string of the molecule is CC1CN(C(=O)N(C)C)CCN1c1ncnc2c1c1ccc(S(=O)(=O)NC3(C#N)CC3)cc1n2-c1nnc(C(F)F)s1. The molecule has 1 aliphatic heterocycles. The Morgan fingerprint density at radius 3 is 2.62 bits per heavy atom. The number of hydrogen-bond acceptors (Lipinski definition) is 10. The summed E-state index contributed by atoms with van der Waals surface area (Å²) in [6, 6.07) is 6.26. The van der Waals surface area contributed by atoms with Crippen LogP contribution in [0.25, 0.3) is 27.1 Å². The highest BCUT2D eigenvalue weighted by Crippen LogP contribution is 2.40. The van der Waals surface area contributed by atoms with E-state index >= 15 is 0 Å². The highest BCUT2D eigenvalue weighted by molar-refractivity contribution is 7.89. The fourth-order valence-corrected chi connectivity index (χ4v) is 7.30. The van der Waals surface area contributed by atoms with Crippen LogP contribution in [-0.2, 0) is 10.0 Å². The molecule has 220 valence electrons. The number of urea groups is 1. The largest absolute Gasteiger partial charge is 0.350 e. The molecule has 2 aliphatic rings. The molecule has 13 nitrogen and oxygen atoms in total. The zero-order chi connectivity index (χ0) is 30.0. The second-order valence-electron chi connectivity index (χ2n) is 10.6. The van der Waals surface area contributed by atoms with Gasteiger partial charge in [-0.2, -0.15) is 9.98 Å². The molecule has 0 radical (unpaired) electrons. The average molecular weight is 617 g/mol. The molecule has 6 rings (SSSR count). The molecule has 0 spiro atoms. The number of rotatable bonds is 6. The Labute approximate surface area is 243 Å². The van der Waals surface area contributed by atoms with Gasteiger partial charge < -0.3 is 14.7 Å². The highest BCUT2D eigenvalue weighted by Gasteiger charge is 2.47. The molecule has 4 heterocycles. The van der Waals surface area contributed by atoms with Crippen molar-refractivity contribution in [2.75, 3.05) is 38.6 Å². The fraction of sp³-hybridized carbons (Fsp3) is 0.440. The first-order chi connectivity index (χ1) is 19.9. The van der Waals surface area contributed by atoms with Gasteiger partial charge in [0, 0.05) is 45.2 Å². The van der Waals surface area contributed by atoms with Crippen molar-refractivity contribution in [3.63, 3.8) is 0 Å². The molecular weight excluding hydrogens is 590 g/mol. The number of fused-ring (bicyclic) bond motifs is 3. The number of halogens is 2. The van der Waals surface area contributed by atoms with Crippen molar-refractivity contribution in [3.05, 3.63) is 29.5 Å². The third kappa shape index (κ3) is 4.68. The smallest absolute Gasteiger partial charge is 0.319 e. The first kappa shape index (κ1) is 28.1. The maximum atomic E-state index is 13.5. The minimum atomic E-state index is -4.09. The van der Waals surface area contributed by atoms with Crippen LogP contribution in [0.1, 0.15) is 31.2 Å². The van der Waals surface area contributed by atoms with Crippen molar-refractivity contribution >= 4 is 55.1 Å². The molecule has 1 atom stereocenters. The zero-order valence-corrected chi connectivity index (χ0v) is 24.5. The molecule has 4 aromatic rings. The van der Waals surface area contributed by atoms with Crippen molar-refractivity contribution in [1.29, 1.82) is 5.26 Å². The summed E-state index contributed by atoms with van der Waals surface area (Å²) >= 11 is 0.673. The van der Waals surface area contributed by atoms with Crippen LogP contribution in [0.15, 0.2) is 29.4 Å². The number of nitriles is 1. The summed E-state index contributed by atoms with van der Waals surface area (Å²) in [5, 5.41) is 17.8. The Hall–Kier alpha value is -4.01. The predicted octanol–water partition coefficient (Wildman–Crippen LogP) is 2.89. The van der Waals surface area contributed by atoms with Crippen LogP contribution in [0, 0.1) is 11.3 Å². The molecule has 1 aromatic carbocycles. The number of amides is 2. The van der Waals surface area contributed by atoms with Crippen molar-refractivity contribution < 1.29 is 22.0 Å². The van der Waals surface area contributed by atoms with E-state index in [2.05, 4.69) is 24.9 Å². The summed E-state index contributed by atoms with van der Waals surface area (Å²) in [7, 11) is -0.694. The number of nitrogens with zero attached hydrogens (tertiary/aromatic N) is 9. The van der Waals surface area contributed by atoms with Gasteiger partial charge in [0.1, 0.15) is 17.7 Å². The van der Waals surface area contributed by atoms with Crippen LogP contribution in [0.3, 0.4) is 0 Å². The van der Waals surface area contributed by atoms with Gasteiger partial charge in [0.05, 0.1) is 21.9 Å². The van der Waals surface area contributed by atoms with Crippen molar-refractivity contribution in [3.8, 4) is 11.2 Å². The van der Waals surface area contributed by atoms with Crippen LogP contribution in [0.2, 0.25) is 0 Å². The maximum Gasteiger partial charge on any atom is 0.319 e. The summed E-state index contributed by atoms with van der Waals surface area (Å²) in [5.41, 5.74) is -0.441. The highest BCUT2D eigenvalue weighted by atomic mass is 32.2. The fourth-order valence-electron chi connectivity index (χ4n) is 5.19. The molecule has 1 saturated heterocycles. The lowest BCUT2D eigenvalue weighted by Crippen LogP contribution is -2.56. The molecule has 0 bridgehead atoms. The van der Waals surface area contributed by atoms with E-state index in [1.54, 1.807) is 25.1 Å². The number of carbonyl (C=O) groups excluding carboxylic acids is 1. The van der Waals surface area contributed by atoms with Gasteiger partial charge in [-0.3, -0.25) is 4.57 Å². The molecular formula is C25H26F2N10O3S2. The lowest BCUT2D eigenvalue weighted by Gasteiger charge is -2.41. The van der Waals surface area contributed by atoms with Crippen molar-refractivity contribution in [2.24, 2.45) is 0 Å². The number of hydrogen-bond donors (Lipinski definition) is 1. The van der Waals surface area contributed by atoms with Crippen LogP contribution in [0.5, 0.6) is 0 Å². The van der Waals surface area contributed by atoms with E-state index < -0.39 is 27.0 Å². The molecule has 2 fully saturated rings. The Balaban J connectivity index is 1.52. The standard InChI is InChI=1S/C25H26F2N10O3S2/c1-14-11-35(24(38)34(2)3)8-9-36(14)20-18-16-5-4-15(42(39,40)33-25(12-28)6-7-25)10-17(16)37(21(18)30-13-29-20)23-32-31-22(41-23)19(26)27/h4-5,10,13-14,19,33H,6-9,11H2,1-3H3. The Bertz CT molecular complexity index is 1860. The Morgan fingerprint density at radius 1 is 1.24 bits per heavy atom. The van der Waals surface area contributed by atoms with E-state index in [1.165, 1.54) is 27.9 Å². The van der Waals surface area contributed by atoms with Crippen LogP contribution >= 0.6 is 11.3 Å². The molecule has 3 aromatic heterocycles. The summed E-state index contributed by atoms with van der Waals surface area (Å²) in [4.78, 5) is 26.9. The second kappa shape index (κ2) is 10.1. The van der Waals surface area contributed by atoms with Gasteiger partial charge in [-0.1, -0.05) is 17.4 Å². The lowest BCUT2D eigenvalue weighted by molar-refractivity contribution is 0.150. The molecule has 1 unspecified atom stereocenters. The number of carbonyl (C=O) groups is 1. The van der Waals surface area contributed by atoms with E-state index in [4.69, 9.17) is 0 Å². The quantitative estimate of drug-likeness (QED) is 0.345. The Kier molecular flexibility index (Phi) is 6.74. The van der Waals surface area contributed by atoms with Gasteiger partial charge in [0.2, 0.25) is 15.2 Å². The molecule has 1 N–H and O–H groups in total. The number of benzene rings is 1. The third-order valence-corrected chi connectivity index (χ3v) is 9.91. The van der Waals surface area contributed by atoms with E-state index in [0.717, 1.165) is 0 Å². The monoisotopic (exact) mass is 616 g/mol. The summed E-state index contributed by atoms with van der Waals surface area (Å²) < 4.78 is 57.5. The van der Waals surface area contributed by atoms with Crippen LogP contribution < -0.4 is 9.62 Å². The second-order valence-corrected chi connectivity index (χ2v) is 13.3. The summed E-state index contributed by atoms with van der Waals surface area (Å²) in [6.45, 7) is 3.35. The zero-order valence-electron chi connectivity index (χ0n) is 22.8. The number of nitrogens with one attached hydrogen (secondary N) is 1. The minimum absolute atomic E-state index is 0.0857. The van der Waals surface area contributed by atoms with E-state index in [1.807, 2.05) is 17.9 Å². The normalized spacial score (nSPS) is 18.5. The predicted molar refractivity (Wildman–Crippen MR) is 150 cm³/mol. The topological polar surface area (TPSA) is 153 Å². The Morgan fingerprint density at radius 2 is 2.00 bits per heavy atom.